The average Bonchev–Trinajstić information content (AvgIpc) is 3.44. The average molecular weight is 460 g/mol. The molecule has 0 aliphatic carbocycles. The number of H-pyrrole nitrogens is 1. The molecule has 4 atom stereocenters. The van der Waals surface area contributed by atoms with Gasteiger partial charge in [0.15, 0.2) is 0 Å². The predicted octanol–water partition coefficient (Wildman–Crippen LogP) is -0.905. The molecular formula is C22H29N5O6. The van der Waals surface area contributed by atoms with Crippen molar-refractivity contribution in [3.63, 3.8) is 0 Å². The molecule has 0 radical (unpaired) electrons. The lowest BCUT2D eigenvalue weighted by Gasteiger charge is -2.28. The Balaban J connectivity index is 1.63. The third-order valence-electron chi connectivity index (χ3n) is 5.82. The van der Waals surface area contributed by atoms with Crippen LogP contribution in [0.15, 0.2) is 30.5 Å². The molecule has 1 fully saturated rings. The van der Waals surface area contributed by atoms with Gasteiger partial charge in [-0.25, -0.2) is 0 Å². The fourth-order valence-corrected chi connectivity index (χ4v) is 3.98. The van der Waals surface area contributed by atoms with Gasteiger partial charge in [-0.15, -0.1) is 0 Å². The molecule has 4 unspecified atom stereocenters. The minimum absolute atomic E-state index is 0.294. The Morgan fingerprint density at radius 3 is 2.67 bits per heavy atom. The predicted molar refractivity (Wildman–Crippen MR) is 119 cm³/mol. The third-order valence-corrected chi connectivity index (χ3v) is 5.82. The molecule has 1 saturated heterocycles. The van der Waals surface area contributed by atoms with E-state index in [2.05, 4.69) is 15.6 Å². The Morgan fingerprint density at radius 2 is 1.97 bits per heavy atom. The molecule has 3 amide bonds. The maximum atomic E-state index is 13.0. The Labute approximate surface area is 190 Å². The van der Waals surface area contributed by atoms with Crippen molar-refractivity contribution in [2.75, 3.05) is 13.2 Å². The first-order chi connectivity index (χ1) is 15.7. The normalized spacial score (nSPS) is 18.5. The summed E-state index contributed by atoms with van der Waals surface area (Å²) in [5, 5.41) is 24.0. The zero-order chi connectivity index (χ0) is 24.1. The Bertz CT molecular complexity index is 1040. The van der Waals surface area contributed by atoms with E-state index >= 15 is 0 Å². The molecule has 0 saturated carbocycles. The maximum Gasteiger partial charge on any atom is 0.325 e. The number of nitrogens with zero attached hydrogens (tertiary/aromatic N) is 1. The molecule has 3 rings (SSSR count). The van der Waals surface area contributed by atoms with Gasteiger partial charge in [0.25, 0.3) is 0 Å². The SMILES string of the molecule is CC(NC(=O)C(CO)NC(=O)C1CCCN1C(=O)C(N)Cc1c[nH]c2ccccc12)C(=O)O. The zero-order valence-electron chi connectivity index (χ0n) is 18.3. The number of carbonyl (C=O) groups is 4. The van der Waals surface area contributed by atoms with Gasteiger partial charge in [0.2, 0.25) is 17.7 Å². The number of carboxylic acids is 1. The Morgan fingerprint density at radius 1 is 1.24 bits per heavy atom. The molecule has 2 heterocycles. The maximum absolute atomic E-state index is 13.0. The van der Waals surface area contributed by atoms with Crippen molar-refractivity contribution in [3.05, 3.63) is 36.0 Å². The minimum Gasteiger partial charge on any atom is -0.480 e. The van der Waals surface area contributed by atoms with Gasteiger partial charge in [-0.05, 0) is 37.8 Å². The molecule has 11 heteroatoms. The van der Waals surface area contributed by atoms with Crippen LogP contribution in [0.1, 0.15) is 25.3 Å². The fourth-order valence-electron chi connectivity index (χ4n) is 3.98. The molecule has 1 aliphatic heterocycles. The van der Waals surface area contributed by atoms with Crippen LogP contribution in [-0.4, -0.2) is 81.1 Å². The highest BCUT2D eigenvalue weighted by molar-refractivity contribution is 5.94. The lowest BCUT2D eigenvalue weighted by Crippen LogP contribution is -2.57. The number of aromatic amines is 1. The molecule has 2 aromatic rings. The van der Waals surface area contributed by atoms with Gasteiger partial charge < -0.3 is 36.5 Å². The molecule has 178 valence electrons. The van der Waals surface area contributed by atoms with Gasteiger partial charge in [0.05, 0.1) is 12.6 Å². The lowest BCUT2D eigenvalue weighted by atomic mass is 10.0. The van der Waals surface area contributed by atoms with Crippen LogP contribution in [0.5, 0.6) is 0 Å². The van der Waals surface area contributed by atoms with Crippen molar-refractivity contribution < 1.29 is 29.4 Å². The molecule has 0 spiro atoms. The monoisotopic (exact) mass is 459 g/mol. The van der Waals surface area contributed by atoms with Gasteiger partial charge in [-0.1, -0.05) is 18.2 Å². The van der Waals surface area contributed by atoms with Gasteiger partial charge in [0.1, 0.15) is 18.1 Å². The number of para-hydroxylation sites is 1. The number of amides is 3. The summed E-state index contributed by atoms with van der Waals surface area (Å²) in [7, 11) is 0. The number of nitrogens with one attached hydrogen (secondary N) is 3. The second kappa shape index (κ2) is 10.5. The van der Waals surface area contributed by atoms with E-state index in [0.717, 1.165) is 16.5 Å². The highest BCUT2D eigenvalue weighted by Crippen LogP contribution is 2.22. The number of hydrogen-bond acceptors (Lipinski definition) is 6. The molecule has 11 nitrogen and oxygen atoms in total. The number of likely N-dealkylation sites (tertiary alicyclic amines) is 1. The summed E-state index contributed by atoms with van der Waals surface area (Å²) >= 11 is 0. The van der Waals surface area contributed by atoms with E-state index < -0.39 is 48.6 Å². The topological polar surface area (TPSA) is 178 Å². The first-order valence-electron chi connectivity index (χ1n) is 10.8. The lowest BCUT2D eigenvalue weighted by molar-refractivity contribution is -0.143. The number of carboxylic acid groups (broad SMARTS) is 1. The number of nitrogens with two attached hydrogens (primary N) is 1. The third kappa shape index (κ3) is 5.49. The van der Waals surface area contributed by atoms with Crippen molar-refractivity contribution >= 4 is 34.6 Å². The van der Waals surface area contributed by atoms with E-state index in [0.29, 0.717) is 25.8 Å². The standard InChI is InChI=1S/C22H29N5O6/c1-12(22(32)33)25-19(29)17(11-28)26-20(30)18-7-4-8-27(18)21(31)15(23)9-13-10-24-16-6-3-2-5-14(13)16/h2-3,5-6,10,12,15,17-18,24,28H,4,7-9,11,23H2,1H3,(H,25,29)(H,26,30)(H,32,33). The number of benzene rings is 1. The molecule has 7 N–H and O–H groups in total. The van der Waals surface area contributed by atoms with E-state index in [4.69, 9.17) is 10.8 Å². The second-order valence-corrected chi connectivity index (χ2v) is 8.17. The number of aromatic nitrogens is 1. The van der Waals surface area contributed by atoms with Crippen LogP contribution in [0.4, 0.5) is 0 Å². The largest absolute Gasteiger partial charge is 0.480 e. The molecule has 1 aromatic heterocycles. The minimum atomic E-state index is -1.34. The molecule has 1 aliphatic rings. The van der Waals surface area contributed by atoms with E-state index in [1.807, 2.05) is 30.5 Å². The van der Waals surface area contributed by atoms with Gasteiger partial charge >= 0.3 is 5.97 Å². The number of fused-ring (bicyclic) bond motifs is 1. The number of carbonyl (C=O) groups excluding carboxylic acids is 3. The van der Waals surface area contributed by atoms with Crippen molar-refractivity contribution in [2.45, 2.75) is 50.4 Å². The van der Waals surface area contributed by atoms with Crippen molar-refractivity contribution in [2.24, 2.45) is 5.73 Å². The van der Waals surface area contributed by atoms with Crippen LogP contribution in [0.2, 0.25) is 0 Å². The first kappa shape index (κ1) is 24.2. The summed E-state index contributed by atoms with van der Waals surface area (Å²) in [6, 6.07) is 3.47. The molecular weight excluding hydrogens is 430 g/mol. The van der Waals surface area contributed by atoms with Crippen molar-refractivity contribution in [1.29, 1.82) is 0 Å². The van der Waals surface area contributed by atoms with Crippen LogP contribution in [0.25, 0.3) is 10.9 Å². The van der Waals surface area contributed by atoms with Gasteiger partial charge in [0, 0.05) is 23.6 Å². The Kier molecular flexibility index (Phi) is 7.67. The number of aliphatic carboxylic acids is 1. The summed E-state index contributed by atoms with van der Waals surface area (Å²) in [4.78, 5) is 53.5. The van der Waals surface area contributed by atoms with Crippen molar-refractivity contribution in [1.82, 2.24) is 20.5 Å². The Hall–Kier alpha value is -3.44. The van der Waals surface area contributed by atoms with Crippen LogP contribution in [0.3, 0.4) is 0 Å². The summed E-state index contributed by atoms with van der Waals surface area (Å²) < 4.78 is 0. The smallest absolute Gasteiger partial charge is 0.325 e. The highest BCUT2D eigenvalue weighted by atomic mass is 16.4. The molecule has 1 aromatic carbocycles. The summed E-state index contributed by atoms with van der Waals surface area (Å²) in [6.45, 7) is 0.901. The van der Waals surface area contributed by atoms with Crippen LogP contribution < -0.4 is 16.4 Å². The van der Waals surface area contributed by atoms with E-state index in [9.17, 15) is 24.3 Å². The van der Waals surface area contributed by atoms with Gasteiger partial charge in [-0.3, -0.25) is 19.2 Å². The van der Waals surface area contributed by atoms with E-state index in [-0.39, 0.29) is 5.91 Å². The fraction of sp³-hybridized carbons (Fsp3) is 0.455. The quantitative estimate of drug-likeness (QED) is 0.281. The summed E-state index contributed by atoms with van der Waals surface area (Å²) in [5.74, 6) is -3.05. The number of aliphatic hydroxyl groups excluding tert-OH is 1. The summed E-state index contributed by atoms with van der Waals surface area (Å²) in [5.41, 5.74) is 8.04. The van der Waals surface area contributed by atoms with E-state index in [1.165, 1.54) is 11.8 Å². The molecule has 33 heavy (non-hydrogen) atoms. The molecule has 0 bridgehead atoms. The zero-order valence-corrected chi connectivity index (χ0v) is 18.3. The van der Waals surface area contributed by atoms with Crippen LogP contribution in [0, 0.1) is 0 Å². The highest BCUT2D eigenvalue weighted by Gasteiger charge is 2.37. The summed E-state index contributed by atoms with van der Waals surface area (Å²) in [6.07, 6.45) is 3.09. The van der Waals surface area contributed by atoms with Crippen LogP contribution >= 0.6 is 0 Å². The number of aliphatic hydroxyl groups is 1. The number of rotatable bonds is 9. The number of hydrogen-bond donors (Lipinski definition) is 6. The van der Waals surface area contributed by atoms with Crippen molar-refractivity contribution in [3.8, 4) is 0 Å². The second-order valence-electron chi connectivity index (χ2n) is 8.17. The van der Waals surface area contributed by atoms with E-state index in [1.54, 1.807) is 0 Å². The van der Waals surface area contributed by atoms with Crippen LogP contribution in [-0.2, 0) is 25.6 Å². The first-order valence-corrected chi connectivity index (χ1v) is 10.8. The van der Waals surface area contributed by atoms with Gasteiger partial charge in [-0.2, -0.15) is 0 Å².